The number of carboxylic acids is 1. The normalized spacial score (nSPS) is 19.2. The van der Waals surface area contributed by atoms with Crippen molar-refractivity contribution in [2.45, 2.75) is 62.7 Å². The zero-order chi connectivity index (χ0) is 33.2. The first-order valence-electron chi connectivity index (χ1n) is 15.8. The van der Waals surface area contributed by atoms with E-state index in [2.05, 4.69) is 18.3 Å². The number of aliphatic carboxylic acids is 1. The molecule has 0 radical (unpaired) electrons. The van der Waals surface area contributed by atoms with Crippen LogP contribution in [-0.2, 0) is 32.2 Å². The number of hydrogen-bond donors (Lipinski definition) is 3. The van der Waals surface area contributed by atoms with Gasteiger partial charge in [-0.2, -0.15) is 0 Å². The largest absolute Gasteiger partial charge is 0.496 e. The first kappa shape index (κ1) is 34.2. The van der Waals surface area contributed by atoms with Gasteiger partial charge in [0.25, 0.3) is 0 Å². The van der Waals surface area contributed by atoms with E-state index in [0.29, 0.717) is 18.7 Å². The van der Waals surface area contributed by atoms with Crippen LogP contribution in [0.15, 0.2) is 102 Å². The second-order valence-corrected chi connectivity index (χ2v) is 12.6. The van der Waals surface area contributed by atoms with Crippen molar-refractivity contribution in [3.05, 3.63) is 119 Å². The van der Waals surface area contributed by atoms with E-state index in [-0.39, 0.29) is 43.5 Å². The number of methoxy groups -OCH3 is 1. The van der Waals surface area contributed by atoms with Crippen molar-refractivity contribution < 1.29 is 34.0 Å². The Morgan fingerprint density at radius 3 is 2.30 bits per heavy atom. The molecule has 1 amide bonds. The SMILES string of the molecule is COc1ccccc1SCC1OC(c2ccc(-c3ccccc3CNC(=O)CCCC(=O)O)cc2)OC(c2ccc(CO)cc2)C1C. The Labute approximate surface area is 280 Å². The summed E-state index contributed by atoms with van der Waals surface area (Å²) in [6.45, 7) is 2.48. The standard InChI is InChI=1S/C38H41NO7S/c1-25-33(24-47-34-11-6-5-10-32(34)44-2)45-38(46-37(25)28-16-14-26(23-40)15-17-28)29-20-18-27(19-21-29)31-9-4-3-8-30(31)22-39-35(41)12-7-13-36(42)43/h3-6,8-11,14-21,25,33,37-38,40H,7,12-13,22-24H2,1-2H3,(H,39,41)(H,42,43). The van der Waals surface area contributed by atoms with E-state index in [9.17, 15) is 14.7 Å². The molecule has 1 saturated heterocycles. The van der Waals surface area contributed by atoms with Crippen LogP contribution in [0, 0.1) is 5.92 Å². The molecule has 3 N–H and O–H groups in total. The van der Waals surface area contributed by atoms with E-state index < -0.39 is 12.3 Å². The van der Waals surface area contributed by atoms with Crippen LogP contribution in [0.1, 0.15) is 60.8 Å². The summed E-state index contributed by atoms with van der Waals surface area (Å²) in [5, 5.41) is 21.3. The van der Waals surface area contributed by atoms with E-state index in [1.807, 2.05) is 91.0 Å². The molecule has 0 bridgehead atoms. The van der Waals surface area contributed by atoms with Gasteiger partial charge in [0.15, 0.2) is 6.29 Å². The summed E-state index contributed by atoms with van der Waals surface area (Å²) >= 11 is 1.70. The first-order valence-corrected chi connectivity index (χ1v) is 16.8. The molecule has 4 aromatic carbocycles. The Morgan fingerprint density at radius 2 is 1.57 bits per heavy atom. The van der Waals surface area contributed by atoms with Crippen molar-refractivity contribution in [1.29, 1.82) is 0 Å². The molecule has 5 rings (SSSR count). The number of carboxylic acid groups (broad SMARTS) is 1. The number of benzene rings is 4. The number of aliphatic hydroxyl groups excluding tert-OH is 1. The molecule has 0 saturated carbocycles. The van der Waals surface area contributed by atoms with Gasteiger partial charge in [-0.15, -0.1) is 11.8 Å². The molecule has 4 aromatic rings. The third-order valence-electron chi connectivity index (χ3n) is 8.38. The summed E-state index contributed by atoms with van der Waals surface area (Å²) in [4.78, 5) is 24.1. The fourth-order valence-corrected chi connectivity index (χ4v) is 6.87. The molecule has 8 nitrogen and oxygen atoms in total. The molecule has 4 atom stereocenters. The van der Waals surface area contributed by atoms with Gasteiger partial charge in [-0.3, -0.25) is 9.59 Å². The number of amides is 1. The van der Waals surface area contributed by atoms with Crippen LogP contribution in [0.25, 0.3) is 11.1 Å². The fraction of sp³-hybridized carbons (Fsp3) is 0.316. The third-order valence-corrected chi connectivity index (χ3v) is 9.52. The average Bonchev–Trinajstić information content (AvgIpc) is 3.10. The highest BCUT2D eigenvalue weighted by molar-refractivity contribution is 7.99. The van der Waals surface area contributed by atoms with Gasteiger partial charge in [0.1, 0.15) is 5.75 Å². The second-order valence-electron chi connectivity index (χ2n) is 11.6. The van der Waals surface area contributed by atoms with Crippen LogP contribution < -0.4 is 10.1 Å². The Kier molecular flexibility index (Phi) is 12.1. The van der Waals surface area contributed by atoms with Crippen molar-refractivity contribution in [2.75, 3.05) is 12.9 Å². The average molecular weight is 656 g/mol. The van der Waals surface area contributed by atoms with E-state index in [4.69, 9.17) is 19.3 Å². The van der Waals surface area contributed by atoms with Gasteiger partial charge in [0.05, 0.1) is 25.9 Å². The maximum absolute atomic E-state index is 12.3. The van der Waals surface area contributed by atoms with Crippen molar-refractivity contribution >= 4 is 23.6 Å². The van der Waals surface area contributed by atoms with Crippen LogP contribution in [0.5, 0.6) is 5.75 Å². The highest BCUT2D eigenvalue weighted by Gasteiger charge is 2.38. The zero-order valence-electron chi connectivity index (χ0n) is 26.6. The Balaban J connectivity index is 1.33. The molecule has 246 valence electrons. The highest BCUT2D eigenvalue weighted by atomic mass is 32.2. The maximum atomic E-state index is 12.3. The lowest BCUT2D eigenvalue weighted by Crippen LogP contribution is -2.38. The molecule has 1 aliphatic heterocycles. The predicted molar refractivity (Wildman–Crippen MR) is 182 cm³/mol. The molecule has 1 fully saturated rings. The maximum Gasteiger partial charge on any atom is 0.303 e. The van der Waals surface area contributed by atoms with Gasteiger partial charge in [-0.25, -0.2) is 0 Å². The third kappa shape index (κ3) is 9.02. The number of ether oxygens (including phenoxy) is 3. The molecular weight excluding hydrogens is 614 g/mol. The molecule has 9 heteroatoms. The van der Waals surface area contributed by atoms with Gasteiger partial charge >= 0.3 is 5.97 Å². The van der Waals surface area contributed by atoms with Gasteiger partial charge in [0, 0.05) is 41.5 Å². The van der Waals surface area contributed by atoms with E-state index in [1.165, 1.54) is 0 Å². The van der Waals surface area contributed by atoms with Crippen molar-refractivity contribution in [1.82, 2.24) is 5.32 Å². The topological polar surface area (TPSA) is 114 Å². The predicted octanol–water partition coefficient (Wildman–Crippen LogP) is 7.31. The number of para-hydroxylation sites is 1. The van der Waals surface area contributed by atoms with Gasteiger partial charge < -0.3 is 29.7 Å². The van der Waals surface area contributed by atoms with Gasteiger partial charge in [-0.05, 0) is 46.4 Å². The number of hydrogen-bond acceptors (Lipinski definition) is 7. The Hall–Kier alpha value is -4.15. The lowest BCUT2D eigenvalue weighted by molar-refractivity contribution is -0.268. The van der Waals surface area contributed by atoms with E-state index in [0.717, 1.165) is 44.0 Å². The van der Waals surface area contributed by atoms with E-state index >= 15 is 0 Å². The lowest BCUT2D eigenvalue weighted by atomic mass is 9.91. The first-order chi connectivity index (χ1) is 22.9. The van der Waals surface area contributed by atoms with Crippen LogP contribution in [0.3, 0.4) is 0 Å². The number of thioether (sulfide) groups is 1. The summed E-state index contributed by atoms with van der Waals surface area (Å²) in [5.41, 5.74) is 5.73. The molecule has 4 unspecified atom stereocenters. The van der Waals surface area contributed by atoms with Crippen molar-refractivity contribution in [3.63, 3.8) is 0 Å². The Morgan fingerprint density at radius 1 is 0.872 bits per heavy atom. The molecule has 47 heavy (non-hydrogen) atoms. The molecule has 1 heterocycles. The summed E-state index contributed by atoms with van der Waals surface area (Å²) < 4.78 is 18.9. The summed E-state index contributed by atoms with van der Waals surface area (Å²) in [6, 6.07) is 31.9. The number of carbonyl (C=O) groups is 2. The molecule has 0 aromatic heterocycles. The highest BCUT2D eigenvalue weighted by Crippen LogP contribution is 2.44. The molecule has 0 aliphatic carbocycles. The smallest absolute Gasteiger partial charge is 0.303 e. The van der Waals surface area contributed by atoms with Crippen LogP contribution in [0.2, 0.25) is 0 Å². The number of rotatable bonds is 14. The van der Waals surface area contributed by atoms with Gasteiger partial charge in [-0.1, -0.05) is 91.9 Å². The van der Waals surface area contributed by atoms with Crippen LogP contribution >= 0.6 is 11.8 Å². The number of nitrogens with one attached hydrogen (secondary N) is 1. The van der Waals surface area contributed by atoms with Gasteiger partial charge in [0.2, 0.25) is 5.91 Å². The monoisotopic (exact) mass is 655 g/mol. The van der Waals surface area contributed by atoms with E-state index in [1.54, 1.807) is 18.9 Å². The minimum atomic E-state index is -0.903. The minimum Gasteiger partial charge on any atom is -0.496 e. The Bertz CT molecular complexity index is 1630. The fourth-order valence-electron chi connectivity index (χ4n) is 5.68. The van der Waals surface area contributed by atoms with Crippen LogP contribution in [0.4, 0.5) is 0 Å². The zero-order valence-corrected chi connectivity index (χ0v) is 27.5. The number of aliphatic hydroxyl groups is 1. The second kappa shape index (κ2) is 16.6. The molecular formula is C38H41NO7S. The lowest BCUT2D eigenvalue weighted by Gasteiger charge is -2.41. The minimum absolute atomic E-state index is 0.0140. The van der Waals surface area contributed by atoms with Crippen molar-refractivity contribution in [3.8, 4) is 16.9 Å². The summed E-state index contributed by atoms with van der Waals surface area (Å²) in [6.07, 6.45) is -0.472. The summed E-state index contributed by atoms with van der Waals surface area (Å²) in [5.74, 6) is 0.522. The molecule has 0 spiro atoms. The van der Waals surface area contributed by atoms with Crippen molar-refractivity contribution in [2.24, 2.45) is 5.92 Å². The summed E-state index contributed by atoms with van der Waals surface area (Å²) in [7, 11) is 1.68. The van der Waals surface area contributed by atoms with Crippen LogP contribution in [-0.4, -0.2) is 41.1 Å². The molecule has 1 aliphatic rings. The quantitative estimate of drug-likeness (QED) is 0.121. The number of carbonyl (C=O) groups excluding carboxylic acids is 1.